The second kappa shape index (κ2) is 8.47. The van der Waals surface area contributed by atoms with E-state index in [1.165, 1.54) is 12.0 Å². The number of thioether (sulfide) groups is 1. The summed E-state index contributed by atoms with van der Waals surface area (Å²) >= 11 is 1.74. The summed E-state index contributed by atoms with van der Waals surface area (Å²) in [7, 11) is 4.21. The third kappa shape index (κ3) is 4.63. The Hall–Kier alpha value is -0.810. The van der Waals surface area contributed by atoms with Gasteiger partial charge in [-0.25, -0.2) is 0 Å². The molecule has 1 atom stereocenters. The smallest absolute Gasteiger partial charge is 0.191 e. The van der Waals surface area contributed by atoms with Gasteiger partial charge in [0.05, 0.1) is 6.04 Å². The quantitative estimate of drug-likeness (QED) is 0.513. The maximum Gasteiger partial charge on any atom is 0.191 e. The van der Waals surface area contributed by atoms with Crippen LogP contribution in [-0.2, 0) is 6.54 Å². The first-order valence-electron chi connectivity index (χ1n) is 7.37. The van der Waals surface area contributed by atoms with Gasteiger partial charge in [0.15, 0.2) is 11.0 Å². The second-order valence-electron chi connectivity index (χ2n) is 5.48. The average molecular weight is 296 g/mol. The van der Waals surface area contributed by atoms with Crippen LogP contribution in [0.4, 0.5) is 0 Å². The van der Waals surface area contributed by atoms with Gasteiger partial charge in [0.1, 0.15) is 0 Å². The summed E-state index contributed by atoms with van der Waals surface area (Å²) in [6.45, 7) is 11.4. The van der Waals surface area contributed by atoms with Crippen molar-refractivity contribution >= 4 is 11.8 Å². The van der Waals surface area contributed by atoms with Crippen LogP contribution in [0, 0.1) is 0 Å². The minimum atomic E-state index is 0.332. The topological polar surface area (TPSA) is 34.0 Å². The van der Waals surface area contributed by atoms with Gasteiger partial charge < -0.3 is 4.57 Å². The van der Waals surface area contributed by atoms with Gasteiger partial charge in [0.2, 0.25) is 0 Å². The summed E-state index contributed by atoms with van der Waals surface area (Å²) in [4.78, 5) is 2.22. The van der Waals surface area contributed by atoms with Crippen molar-refractivity contribution in [1.82, 2.24) is 19.7 Å². The van der Waals surface area contributed by atoms with E-state index >= 15 is 0 Å². The summed E-state index contributed by atoms with van der Waals surface area (Å²) in [5.74, 6) is 2.00. The summed E-state index contributed by atoms with van der Waals surface area (Å²) < 4.78 is 2.30. The van der Waals surface area contributed by atoms with Gasteiger partial charge in [-0.05, 0) is 33.9 Å². The molecule has 0 saturated carbocycles. The Bertz CT molecular complexity index is 426. The minimum absolute atomic E-state index is 0.332. The number of nitrogens with zero attached hydrogens (tertiary/aromatic N) is 4. The fourth-order valence-corrected chi connectivity index (χ4v) is 2.96. The Balaban J connectivity index is 3.00. The fourth-order valence-electron chi connectivity index (χ4n) is 2.15. The number of unbranched alkanes of at least 4 members (excludes halogenated alkanes) is 1. The van der Waals surface area contributed by atoms with E-state index in [-0.39, 0.29) is 0 Å². The third-order valence-electron chi connectivity index (χ3n) is 3.24. The van der Waals surface area contributed by atoms with Crippen LogP contribution in [0.15, 0.2) is 17.3 Å². The largest absolute Gasteiger partial charge is 0.305 e. The molecular formula is C15H28N4S. The number of hydrogen-bond acceptors (Lipinski definition) is 4. The average Bonchev–Trinajstić information content (AvgIpc) is 2.77. The first-order valence-corrected chi connectivity index (χ1v) is 8.36. The highest BCUT2D eigenvalue weighted by molar-refractivity contribution is 7.99. The number of hydrogen-bond donors (Lipinski definition) is 0. The van der Waals surface area contributed by atoms with Crippen molar-refractivity contribution in [3.8, 4) is 0 Å². The Morgan fingerprint density at radius 3 is 2.55 bits per heavy atom. The minimum Gasteiger partial charge on any atom is -0.305 e. The van der Waals surface area contributed by atoms with Crippen LogP contribution in [0.1, 0.15) is 51.9 Å². The standard InChI is InChI=1S/C15H28N4S/c1-7-9-10-19-14(13(8-2)18(5)6)16-17-15(19)20-11-12(3)4/h13H,3,7-11H2,1-2,4-6H3. The van der Waals surface area contributed by atoms with E-state index in [0.29, 0.717) is 6.04 Å². The molecule has 0 aliphatic heterocycles. The molecule has 0 radical (unpaired) electrons. The molecule has 1 rings (SSSR count). The van der Waals surface area contributed by atoms with Crippen molar-refractivity contribution in [2.24, 2.45) is 0 Å². The van der Waals surface area contributed by atoms with Gasteiger partial charge in [-0.3, -0.25) is 4.90 Å². The van der Waals surface area contributed by atoms with Crippen molar-refractivity contribution in [2.75, 3.05) is 19.8 Å². The Labute approximate surface area is 127 Å². The molecule has 1 unspecified atom stereocenters. The zero-order valence-electron chi connectivity index (χ0n) is 13.5. The number of aromatic nitrogens is 3. The lowest BCUT2D eigenvalue weighted by atomic mass is 10.2. The van der Waals surface area contributed by atoms with E-state index in [1.807, 2.05) is 0 Å². The van der Waals surface area contributed by atoms with E-state index in [1.54, 1.807) is 11.8 Å². The summed E-state index contributed by atoms with van der Waals surface area (Å²) in [5, 5.41) is 9.89. The maximum absolute atomic E-state index is 4.46. The number of rotatable bonds is 9. The van der Waals surface area contributed by atoms with Gasteiger partial charge in [0, 0.05) is 12.3 Å². The van der Waals surface area contributed by atoms with Crippen molar-refractivity contribution < 1.29 is 0 Å². The zero-order chi connectivity index (χ0) is 15.1. The molecular weight excluding hydrogens is 268 g/mol. The van der Waals surface area contributed by atoms with Crippen LogP contribution < -0.4 is 0 Å². The molecule has 5 heteroatoms. The van der Waals surface area contributed by atoms with Crippen LogP contribution in [0.2, 0.25) is 0 Å². The molecule has 1 heterocycles. The Morgan fingerprint density at radius 2 is 2.05 bits per heavy atom. The highest BCUT2D eigenvalue weighted by atomic mass is 32.2. The lowest BCUT2D eigenvalue weighted by molar-refractivity contribution is 0.270. The van der Waals surface area contributed by atoms with Gasteiger partial charge in [-0.15, -0.1) is 10.2 Å². The summed E-state index contributed by atoms with van der Waals surface area (Å²) in [6, 6.07) is 0.332. The van der Waals surface area contributed by atoms with E-state index in [4.69, 9.17) is 0 Å². The summed E-state index contributed by atoms with van der Waals surface area (Å²) in [5.41, 5.74) is 1.17. The predicted octanol–water partition coefficient (Wildman–Crippen LogP) is 3.76. The molecule has 20 heavy (non-hydrogen) atoms. The molecule has 1 aromatic heterocycles. The monoisotopic (exact) mass is 296 g/mol. The molecule has 114 valence electrons. The fraction of sp³-hybridized carbons (Fsp3) is 0.733. The lowest BCUT2D eigenvalue weighted by Crippen LogP contribution is -2.23. The molecule has 0 aliphatic carbocycles. The van der Waals surface area contributed by atoms with Gasteiger partial charge >= 0.3 is 0 Å². The van der Waals surface area contributed by atoms with E-state index in [9.17, 15) is 0 Å². The molecule has 0 aromatic carbocycles. The van der Waals surface area contributed by atoms with Gasteiger partial charge in [-0.2, -0.15) is 0 Å². The SMILES string of the molecule is C=C(C)CSc1nnc(C(CC)N(C)C)n1CCCC. The van der Waals surface area contributed by atoms with Crippen LogP contribution >= 0.6 is 11.8 Å². The lowest BCUT2D eigenvalue weighted by Gasteiger charge is -2.23. The normalized spacial score (nSPS) is 12.9. The van der Waals surface area contributed by atoms with Gasteiger partial charge in [0.25, 0.3) is 0 Å². The van der Waals surface area contributed by atoms with Gasteiger partial charge in [-0.1, -0.05) is 44.2 Å². The van der Waals surface area contributed by atoms with Crippen LogP contribution in [-0.4, -0.2) is 39.5 Å². The van der Waals surface area contributed by atoms with Crippen LogP contribution in [0.5, 0.6) is 0 Å². The highest BCUT2D eigenvalue weighted by Crippen LogP contribution is 2.26. The predicted molar refractivity (Wildman–Crippen MR) is 87.2 cm³/mol. The van der Waals surface area contributed by atoms with E-state index < -0.39 is 0 Å². The highest BCUT2D eigenvalue weighted by Gasteiger charge is 2.21. The molecule has 0 aliphatic rings. The molecule has 0 N–H and O–H groups in total. The first kappa shape index (κ1) is 17.2. The molecule has 0 amide bonds. The molecule has 1 aromatic rings. The van der Waals surface area contributed by atoms with Crippen molar-refractivity contribution in [1.29, 1.82) is 0 Å². The Kier molecular flexibility index (Phi) is 7.30. The first-order chi connectivity index (χ1) is 9.51. The molecule has 0 saturated heterocycles. The molecule has 0 fully saturated rings. The van der Waals surface area contributed by atoms with Crippen LogP contribution in [0.25, 0.3) is 0 Å². The Morgan fingerprint density at radius 1 is 1.35 bits per heavy atom. The van der Waals surface area contributed by atoms with E-state index in [2.05, 4.69) is 61.1 Å². The molecule has 0 bridgehead atoms. The van der Waals surface area contributed by atoms with Crippen molar-refractivity contribution in [3.05, 3.63) is 18.0 Å². The third-order valence-corrected chi connectivity index (χ3v) is 4.43. The van der Waals surface area contributed by atoms with E-state index in [0.717, 1.165) is 36.1 Å². The van der Waals surface area contributed by atoms with Crippen molar-refractivity contribution in [3.63, 3.8) is 0 Å². The molecule has 4 nitrogen and oxygen atoms in total. The van der Waals surface area contributed by atoms with Crippen LogP contribution in [0.3, 0.4) is 0 Å². The second-order valence-corrected chi connectivity index (χ2v) is 6.42. The summed E-state index contributed by atoms with van der Waals surface area (Å²) in [6.07, 6.45) is 3.39. The molecule has 0 spiro atoms. The van der Waals surface area contributed by atoms with Crippen molar-refractivity contribution in [2.45, 2.75) is 57.8 Å². The zero-order valence-corrected chi connectivity index (χ0v) is 14.3. The maximum atomic E-state index is 4.46.